The molecule has 7 heteroatoms. The van der Waals surface area contributed by atoms with Gasteiger partial charge in [-0.15, -0.1) is 0 Å². The maximum absolute atomic E-state index is 13.4. The predicted molar refractivity (Wildman–Crippen MR) is 111 cm³/mol. The Bertz CT molecular complexity index is 576. The fourth-order valence-corrected chi connectivity index (χ4v) is 4.71. The van der Waals surface area contributed by atoms with Crippen molar-refractivity contribution in [3.63, 3.8) is 0 Å². The molecule has 0 aromatic carbocycles. The maximum Gasteiger partial charge on any atom is 0.192 e. The lowest BCUT2D eigenvalue weighted by molar-refractivity contribution is -0.142. The van der Waals surface area contributed by atoms with Crippen LogP contribution >= 0.6 is 0 Å². The quantitative estimate of drug-likeness (QED) is 0.341. The monoisotopic (exact) mass is 414 g/mol. The summed E-state index contributed by atoms with van der Waals surface area (Å²) in [6.07, 6.45) is 1.95. The van der Waals surface area contributed by atoms with Crippen LogP contribution in [0.1, 0.15) is 41.0 Å². The number of carbonyl (C=O) groups excluding carboxylic acids is 1. The number of carbonyl (C=O) groups is 1. The van der Waals surface area contributed by atoms with Gasteiger partial charge in [0.05, 0.1) is 31.3 Å². The van der Waals surface area contributed by atoms with E-state index < -0.39 is 13.7 Å². The summed E-state index contributed by atoms with van der Waals surface area (Å²) in [5.74, 6) is 0.0745. The van der Waals surface area contributed by atoms with Gasteiger partial charge in [0.25, 0.3) is 0 Å². The van der Waals surface area contributed by atoms with Crippen LogP contribution in [0.2, 0.25) is 18.1 Å². The highest BCUT2D eigenvalue weighted by Crippen LogP contribution is 2.45. The summed E-state index contributed by atoms with van der Waals surface area (Å²) in [6, 6.07) is 0. The van der Waals surface area contributed by atoms with E-state index in [1.807, 2.05) is 13.0 Å². The molecule has 1 aliphatic heterocycles. The summed E-state index contributed by atoms with van der Waals surface area (Å²) in [4.78, 5) is 13.4. The molecule has 0 radical (unpaired) electrons. The van der Waals surface area contributed by atoms with Crippen molar-refractivity contribution in [1.82, 2.24) is 0 Å². The molecule has 6 nitrogen and oxygen atoms in total. The van der Waals surface area contributed by atoms with Crippen LogP contribution in [0.3, 0.4) is 0 Å². The van der Waals surface area contributed by atoms with Crippen molar-refractivity contribution in [2.75, 3.05) is 33.7 Å². The highest BCUT2D eigenvalue weighted by molar-refractivity contribution is 6.74. The zero-order valence-corrected chi connectivity index (χ0v) is 19.8. The summed E-state index contributed by atoms with van der Waals surface area (Å²) in [5, 5.41) is 0.0861. The number of hydrogen-bond acceptors (Lipinski definition) is 6. The normalized spacial score (nSPS) is 30.0. The van der Waals surface area contributed by atoms with E-state index in [9.17, 15) is 4.79 Å². The molecule has 1 aliphatic carbocycles. The average molecular weight is 415 g/mol. The van der Waals surface area contributed by atoms with E-state index in [0.717, 1.165) is 5.57 Å². The van der Waals surface area contributed by atoms with Crippen molar-refractivity contribution in [2.24, 2.45) is 11.3 Å². The van der Waals surface area contributed by atoms with Crippen LogP contribution in [-0.4, -0.2) is 60.2 Å². The minimum Gasteiger partial charge on any atom is -0.410 e. The van der Waals surface area contributed by atoms with Crippen molar-refractivity contribution in [3.8, 4) is 0 Å². The van der Waals surface area contributed by atoms with Gasteiger partial charge in [-0.3, -0.25) is 4.79 Å². The first-order valence-corrected chi connectivity index (χ1v) is 13.1. The van der Waals surface area contributed by atoms with Gasteiger partial charge in [0.2, 0.25) is 0 Å². The van der Waals surface area contributed by atoms with Crippen molar-refractivity contribution >= 4 is 14.1 Å². The molecule has 0 spiro atoms. The minimum absolute atomic E-state index is 0.0138. The molecule has 0 saturated carbocycles. The molecule has 0 amide bonds. The van der Waals surface area contributed by atoms with Crippen molar-refractivity contribution < 1.29 is 28.2 Å². The molecule has 0 aromatic rings. The lowest BCUT2D eigenvalue weighted by Gasteiger charge is -2.46. The molecule has 3 atom stereocenters. The summed E-state index contributed by atoms with van der Waals surface area (Å²) >= 11 is 0. The smallest absolute Gasteiger partial charge is 0.192 e. The van der Waals surface area contributed by atoms with E-state index in [2.05, 4.69) is 40.8 Å². The second-order valence-electron chi connectivity index (χ2n) is 9.70. The molecule has 1 fully saturated rings. The molecule has 0 unspecified atom stereocenters. The van der Waals surface area contributed by atoms with Gasteiger partial charge < -0.3 is 23.4 Å². The fraction of sp³-hybridized carbons (Fsp3) is 0.857. The van der Waals surface area contributed by atoms with E-state index in [1.165, 1.54) is 0 Å². The van der Waals surface area contributed by atoms with Crippen molar-refractivity contribution in [1.29, 1.82) is 0 Å². The van der Waals surface area contributed by atoms with Gasteiger partial charge in [0, 0.05) is 13.5 Å². The van der Waals surface area contributed by atoms with Crippen LogP contribution in [0.15, 0.2) is 11.6 Å². The first-order valence-electron chi connectivity index (χ1n) is 10.2. The van der Waals surface area contributed by atoms with Gasteiger partial charge in [-0.1, -0.05) is 27.7 Å². The van der Waals surface area contributed by atoms with E-state index >= 15 is 0 Å². The summed E-state index contributed by atoms with van der Waals surface area (Å²) < 4.78 is 28.6. The number of methoxy groups -OCH3 is 1. The van der Waals surface area contributed by atoms with Crippen LogP contribution < -0.4 is 0 Å². The summed E-state index contributed by atoms with van der Waals surface area (Å²) in [6.45, 7) is 16.8. The third-order valence-electron chi connectivity index (χ3n) is 6.59. The SMILES string of the molecule is COCOC[C@]1(C)C(=O)C(CC2OCCO2)=C[C@@H](O[Si](C)(C)C(C)(C)C)[C@@H]1C. The van der Waals surface area contributed by atoms with E-state index in [-0.39, 0.29) is 35.9 Å². The molecule has 2 rings (SSSR count). The standard InChI is InChI=1S/C21H38O6Si/c1-15-17(27-28(7,8)20(2,3)4)11-16(12-18-25-9-10-26-18)19(22)21(15,5)13-24-14-23-6/h11,15,17-18H,9-10,12-14H2,1-8H3/t15-,17+,21-/m0/s1. The number of Topliss-reactive ketones (excluding diaryl/α,β-unsaturated/α-hetero) is 1. The third-order valence-corrected chi connectivity index (χ3v) is 11.1. The lowest BCUT2D eigenvalue weighted by atomic mass is 9.66. The Labute approximate surface area is 171 Å². The van der Waals surface area contributed by atoms with E-state index in [1.54, 1.807) is 7.11 Å². The second-order valence-corrected chi connectivity index (χ2v) is 14.5. The largest absolute Gasteiger partial charge is 0.410 e. The molecule has 28 heavy (non-hydrogen) atoms. The fourth-order valence-electron chi connectivity index (χ4n) is 3.41. The van der Waals surface area contributed by atoms with E-state index in [0.29, 0.717) is 26.2 Å². The number of ether oxygens (including phenoxy) is 4. The average Bonchev–Trinajstić information content (AvgIpc) is 3.10. The maximum atomic E-state index is 13.4. The van der Waals surface area contributed by atoms with Crippen LogP contribution in [0.5, 0.6) is 0 Å². The number of hydrogen-bond donors (Lipinski definition) is 0. The lowest BCUT2D eigenvalue weighted by Crippen LogP contribution is -2.53. The molecule has 2 aliphatic rings. The Balaban J connectivity index is 2.31. The summed E-state index contributed by atoms with van der Waals surface area (Å²) in [5.41, 5.74) is 0.0334. The molecule has 0 N–H and O–H groups in total. The minimum atomic E-state index is -2.01. The zero-order chi connectivity index (χ0) is 21.2. The molecular weight excluding hydrogens is 376 g/mol. The van der Waals surface area contributed by atoms with Gasteiger partial charge in [-0.05, 0) is 42.6 Å². The van der Waals surface area contributed by atoms with Gasteiger partial charge in [-0.2, -0.15) is 0 Å². The van der Waals surface area contributed by atoms with E-state index in [4.69, 9.17) is 23.4 Å². The Morgan fingerprint density at radius 1 is 1.25 bits per heavy atom. The number of ketones is 1. The molecule has 1 heterocycles. The van der Waals surface area contributed by atoms with Crippen molar-refractivity contribution in [2.45, 2.75) is 71.6 Å². The first-order chi connectivity index (χ1) is 12.9. The van der Waals surface area contributed by atoms with Crippen LogP contribution in [-0.2, 0) is 28.2 Å². The van der Waals surface area contributed by atoms with Crippen molar-refractivity contribution in [3.05, 3.63) is 11.6 Å². The molecule has 162 valence electrons. The molecular formula is C21H38O6Si. The second kappa shape index (κ2) is 9.06. The Kier molecular flexibility index (Phi) is 7.67. The zero-order valence-electron chi connectivity index (χ0n) is 18.8. The highest BCUT2D eigenvalue weighted by Gasteiger charge is 2.50. The topological polar surface area (TPSA) is 63.2 Å². The van der Waals surface area contributed by atoms with Gasteiger partial charge >= 0.3 is 0 Å². The molecule has 1 saturated heterocycles. The van der Waals surface area contributed by atoms with Crippen LogP contribution in [0.4, 0.5) is 0 Å². The van der Waals surface area contributed by atoms with Crippen LogP contribution in [0.25, 0.3) is 0 Å². The summed E-state index contributed by atoms with van der Waals surface area (Å²) in [7, 11) is -0.433. The Morgan fingerprint density at radius 2 is 1.86 bits per heavy atom. The first kappa shape index (κ1) is 23.7. The number of rotatable bonds is 8. The molecule has 0 bridgehead atoms. The van der Waals surface area contributed by atoms with Gasteiger partial charge in [-0.25, -0.2) is 0 Å². The van der Waals surface area contributed by atoms with Crippen LogP contribution in [0, 0.1) is 11.3 Å². The van der Waals surface area contributed by atoms with Gasteiger partial charge in [0.15, 0.2) is 20.4 Å². The third kappa shape index (κ3) is 5.12. The Hall–Kier alpha value is -0.573. The predicted octanol–water partition coefficient (Wildman–Crippen LogP) is 3.91. The van der Waals surface area contributed by atoms with Gasteiger partial charge in [0.1, 0.15) is 6.79 Å². The molecule has 0 aromatic heterocycles. The Morgan fingerprint density at radius 3 is 2.39 bits per heavy atom. The highest BCUT2D eigenvalue weighted by atomic mass is 28.4.